The molecule has 0 aliphatic rings. The number of carboxylic acid groups (broad SMARTS) is 1. The fraction of sp³-hybridized carbons (Fsp3) is 0.455. The monoisotopic (exact) mass is 253 g/mol. The summed E-state index contributed by atoms with van der Waals surface area (Å²) in [7, 11) is 0. The van der Waals surface area contributed by atoms with E-state index in [1.54, 1.807) is 13.8 Å². The van der Waals surface area contributed by atoms with Crippen LogP contribution in [0.2, 0.25) is 0 Å². The molecule has 0 saturated heterocycles. The third kappa shape index (κ3) is 3.01. The van der Waals surface area contributed by atoms with E-state index in [2.05, 4.69) is 10.3 Å². The maximum atomic E-state index is 10.9. The Bertz CT molecular complexity index is 487. The molecule has 1 aromatic heterocycles. The molecular weight excluding hydrogens is 238 g/mol. The van der Waals surface area contributed by atoms with E-state index in [9.17, 15) is 14.9 Å². The number of hydrogen-bond acceptors (Lipinski definition) is 5. The normalized spacial score (nSPS) is 12.2. The number of hydrogen-bond donors (Lipinski definition) is 2. The first-order valence-corrected chi connectivity index (χ1v) is 5.40. The molecule has 0 radical (unpaired) electrons. The lowest BCUT2D eigenvalue weighted by Gasteiger charge is -2.11. The third-order valence-corrected chi connectivity index (χ3v) is 2.70. The minimum Gasteiger partial charge on any atom is -0.480 e. The lowest BCUT2D eigenvalue weighted by atomic mass is 10.1. The molecule has 98 valence electrons. The predicted molar refractivity (Wildman–Crippen MR) is 64.3 cm³/mol. The highest BCUT2D eigenvalue weighted by Gasteiger charge is 2.19. The van der Waals surface area contributed by atoms with Crippen molar-refractivity contribution in [3.8, 4) is 0 Å². The summed E-state index contributed by atoms with van der Waals surface area (Å²) in [6.45, 7) is 4.91. The molecule has 0 amide bonds. The summed E-state index contributed by atoms with van der Waals surface area (Å²) in [6, 6.07) is -0.730. The van der Waals surface area contributed by atoms with Crippen LogP contribution in [0.1, 0.15) is 23.7 Å². The summed E-state index contributed by atoms with van der Waals surface area (Å²) in [6.07, 6.45) is 1.42. The molecule has 7 nitrogen and oxygen atoms in total. The largest absolute Gasteiger partial charge is 0.480 e. The lowest BCUT2D eigenvalue weighted by Crippen LogP contribution is -2.33. The minimum atomic E-state index is -0.978. The molecule has 7 heteroatoms. The second-order valence-corrected chi connectivity index (χ2v) is 4.06. The molecule has 0 spiro atoms. The van der Waals surface area contributed by atoms with Gasteiger partial charge in [0.15, 0.2) is 0 Å². The molecule has 1 heterocycles. The van der Waals surface area contributed by atoms with Gasteiger partial charge in [0.25, 0.3) is 5.69 Å². The van der Waals surface area contributed by atoms with E-state index in [-0.39, 0.29) is 12.2 Å². The van der Waals surface area contributed by atoms with Crippen molar-refractivity contribution in [1.29, 1.82) is 0 Å². The predicted octanol–water partition coefficient (Wildman–Crippen LogP) is 1.17. The van der Waals surface area contributed by atoms with Gasteiger partial charge in [0.2, 0.25) is 0 Å². The zero-order valence-electron chi connectivity index (χ0n) is 10.4. The number of nitrogens with one attached hydrogen (secondary N) is 1. The van der Waals surface area contributed by atoms with Crippen molar-refractivity contribution in [2.75, 3.05) is 0 Å². The van der Waals surface area contributed by atoms with Crippen molar-refractivity contribution in [2.24, 2.45) is 0 Å². The zero-order valence-corrected chi connectivity index (χ0v) is 10.4. The Hall–Kier alpha value is -2.02. The van der Waals surface area contributed by atoms with E-state index in [4.69, 9.17) is 5.11 Å². The summed E-state index contributed by atoms with van der Waals surface area (Å²) in [4.78, 5) is 25.2. The first kappa shape index (κ1) is 14.0. The molecule has 0 aromatic carbocycles. The van der Waals surface area contributed by atoms with Crippen LogP contribution >= 0.6 is 0 Å². The van der Waals surface area contributed by atoms with Crippen LogP contribution in [0.4, 0.5) is 5.69 Å². The first-order valence-electron chi connectivity index (χ1n) is 5.40. The smallest absolute Gasteiger partial charge is 0.320 e. The lowest BCUT2D eigenvalue weighted by molar-refractivity contribution is -0.386. The van der Waals surface area contributed by atoms with Crippen LogP contribution in [0.3, 0.4) is 0 Å². The van der Waals surface area contributed by atoms with Gasteiger partial charge < -0.3 is 5.11 Å². The quantitative estimate of drug-likeness (QED) is 0.602. The highest BCUT2D eigenvalue weighted by molar-refractivity contribution is 5.72. The van der Waals surface area contributed by atoms with Crippen LogP contribution in [0, 0.1) is 24.0 Å². The van der Waals surface area contributed by atoms with Crippen molar-refractivity contribution in [1.82, 2.24) is 10.3 Å². The van der Waals surface area contributed by atoms with Crippen molar-refractivity contribution < 1.29 is 14.8 Å². The minimum absolute atomic E-state index is 0.0322. The van der Waals surface area contributed by atoms with Gasteiger partial charge in [-0.2, -0.15) is 0 Å². The van der Waals surface area contributed by atoms with Crippen molar-refractivity contribution in [3.63, 3.8) is 0 Å². The number of nitro groups is 1. The molecule has 18 heavy (non-hydrogen) atoms. The molecule has 2 N–H and O–H groups in total. The van der Waals surface area contributed by atoms with Gasteiger partial charge in [-0.3, -0.25) is 25.2 Å². The van der Waals surface area contributed by atoms with Gasteiger partial charge in [0.05, 0.1) is 10.6 Å². The highest BCUT2D eigenvalue weighted by atomic mass is 16.6. The topological polar surface area (TPSA) is 105 Å². The maximum Gasteiger partial charge on any atom is 0.320 e. The van der Waals surface area contributed by atoms with E-state index in [0.717, 1.165) is 0 Å². The number of aliphatic carboxylic acids is 1. The molecule has 0 aliphatic heterocycles. The van der Waals surface area contributed by atoms with E-state index in [1.165, 1.54) is 13.1 Å². The second-order valence-electron chi connectivity index (χ2n) is 4.06. The average molecular weight is 253 g/mol. The number of carboxylic acids is 1. The highest BCUT2D eigenvalue weighted by Crippen LogP contribution is 2.23. The van der Waals surface area contributed by atoms with E-state index < -0.39 is 16.9 Å². The van der Waals surface area contributed by atoms with E-state index in [0.29, 0.717) is 16.8 Å². The van der Waals surface area contributed by atoms with Gasteiger partial charge in [0, 0.05) is 23.9 Å². The molecule has 1 aromatic rings. The van der Waals surface area contributed by atoms with Crippen LogP contribution in [0.5, 0.6) is 0 Å². The van der Waals surface area contributed by atoms with Gasteiger partial charge in [0.1, 0.15) is 6.04 Å². The van der Waals surface area contributed by atoms with Gasteiger partial charge in [-0.15, -0.1) is 0 Å². The molecule has 0 unspecified atom stereocenters. The summed E-state index contributed by atoms with van der Waals surface area (Å²) >= 11 is 0. The van der Waals surface area contributed by atoms with Gasteiger partial charge in [-0.1, -0.05) is 0 Å². The summed E-state index contributed by atoms with van der Waals surface area (Å²) in [5.74, 6) is -0.978. The molecular formula is C11H15N3O4. The Morgan fingerprint density at radius 2 is 2.22 bits per heavy atom. The Morgan fingerprint density at radius 1 is 1.61 bits per heavy atom. The SMILES string of the molecule is Cc1cnc(CN[C@H](C)C(=O)O)c(C)c1[N+](=O)[O-]. The number of carbonyl (C=O) groups is 1. The standard InChI is InChI=1S/C11H15N3O4/c1-6-4-13-9(5-12-8(3)11(15)16)7(2)10(6)14(17)18/h4,8,12H,5H2,1-3H3,(H,15,16)/t8-/m1/s1. The fourth-order valence-corrected chi connectivity index (χ4v) is 1.56. The fourth-order valence-electron chi connectivity index (χ4n) is 1.56. The van der Waals surface area contributed by atoms with Crippen LogP contribution in [-0.2, 0) is 11.3 Å². The van der Waals surface area contributed by atoms with Crippen LogP contribution in [0.25, 0.3) is 0 Å². The van der Waals surface area contributed by atoms with Crippen LogP contribution in [-0.4, -0.2) is 27.0 Å². The Morgan fingerprint density at radius 3 is 2.72 bits per heavy atom. The molecule has 0 fully saturated rings. The zero-order chi connectivity index (χ0) is 13.9. The van der Waals surface area contributed by atoms with Crippen LogP contribution < -0.4 is 5.32 Å². The molecule has 0 bridgehead atoms. The van der Waals surface area contributed by atoms with Gasteiger partial charge in [-0.05, 0) is 20.8 Å². The second kappa shape index (κ2) is 5.54. The third-order valence-electron chi connectivity index (χ3n) is 2.70. The number of pyridine rings is 1. The molecule has 1 atom stereocenters. The average Bonchev–Trinajstić information content (AvgIpc) is 2.27. The molecule has 1 rings (SSSR count). The molecule has 0 saturated carbocycles. The first-order chi connectivity index (χ1) is 8.34. The van der Waals surface area contributed by atoms with E-state index in [1.807, 2.05) is 0 Å². The Labute approximate surface area is 104 Å². The Kier molecular flexibility index (Phi) is 4.33. The molecule has 0 aliphatic carbocycles. The number of aromatic nitrogens is 1. The number of nitrogens with zero attached hydrogens (tertiary/aromatic N) is 2. The summed E-state index contributed by atoms with van der Waals surface area (Å²) in [5.41, 5.74) is 1.47. The summed E-state index contributed by atoms with van der Waals surface area (Å²) in [5, 5.41) is 22.4. The van der Waals surface area contributed by atoms with E-state index >= 15 is 0 Å². The maximum absolute atomic E-state index is 10.9. The number of aryl methyl sites for hydroxylation is 1. The Balaban J connectivity index is 2.95. The van der Waals surface area contributed by atoms with Crippen molar-refractivity contribution >= 4 is 11.7 Å². The van der Waals surface area contributed by atoms with Crippen LogP contribution in [0.15, 0.2) is 6.20 Å². The van der Waals surface area contributed by atoms with Gasteiger partial charge in [-0.25, -0.2) is 0 Å². The van der Waals surface area contributed by atoms with Crippen molar-refractivity contribution in [3.05, 3.63) is 33.1 Å². The van der Waals surface area contributed by atoms with Crippen molar-refractivity contribution in [2.45, 2.75) is 33.4 Å². The summed E-state index contributed by atoms with van der Waals surface area (Å²) < 4.78 is 0. The number of rotatable bonds is 5. The van der Waals surface area contributed by atoms with Gasteiger partial charge >= 0.3 is 5.97 Å².